The third kappa shape index (κ3) is 5.19. The van der Waals surface area contributed by atoms with Gasteiger partial charge in [0.25, 0.3) is 0 Å². The van der Waals surface area contributed by atoms with Crippen molar-refractivity contribution in [3.63, 3.8) is 0 Å². The number of ether oxygens (including phenoxy) is 1. The van der Waals surface area contributed by atoms with Crippen LogP contribution in [0.1, 0.15) is 36.8 Å². The van der Waals surface area contributed by atoms with Crippen molar-refractivity contribution in [3.8, 4) is 0 Å². The topological polar surface area (TPSA) is 21.3 Å². The smallest absolute Gasteiger partial charge is 0.0717 e. The summed E-state index contributed by atoms with van der Waals surface area (Å²) >= 11 is 0. The molecular formula is C22H29NO. The molecule has 1 aliphatic heterocycles. The molecule has 3 rings (SSSR count). The Bertz CT molecular complexity index is 528. The van der Waals surface area contributed by atoms with Gasteiger partial charge in [-0.1, -0.05) is 60.7 Å². The van der Waals surface area contributed by atoms with E-state index in [1.165, 1.54) is 43.2 Å². The molecule has 1 N–H and O–H groups in total. The molecule has 0 aliphatic carbocycles. The Morgan fingerprint density at radius 1 is 0.917 bits per heavy atom. The van der Waals surface area contributed by atoms with Crippen LogP contribution in [0.4, 0.5) is 0 Å². The Morgan fingerprint density at radius 2 is 1.62 bits per heavy atom. The van der Waals surface area contributed by atoms with Crippen LogP contribution in [0.5, 0.6) is 0 Å². The van der Waals surface area contributed by atoms with Crippen molar-refractivity contribution >= 4 is 0 Å². The predicted molar refractivity (Wildman–Crippen MR) is 100 cm³/mol. The molecule has 0 amide bonds. The van der Waals surface area contributed by atoms with Crippen LogP contribution in [0.3, 0.4) is 0 Å². The highest BCUT2D eigenvalue weighted by Gasteiger charge is 2.31. The van der Waals surface area contributed by atoms with Crippen LogP contribution in [0.15, 0.2) is 60.7 Å². The van der Waals surface area contributed by atoms with Gasteiger partial charge in [0.2, 0.25) is 0 Å². The summed E-state index contributed by atoms with van der Waals surface area (Å²) in [6.07, 6.45) is 6.19. The second-order valence-corrected chi connectivity index (χ2v) is 7.10. The zero-order chi connectivity index (χ0) is 16.5. The fourth-order valence-corrected chi connectivity index (χ4v) is 3.71. The van der Waals surface area contributed by atoms with E-state index in [1.807, 2.05) is 0 Å². The number of nitrogens with one attached hydrogen (secondary N) is 1. The Balaban J connectivity index is 1.50. The molecule has 24 heavy (non-hydrogen) atoms. The first-order valence-electron chi connectivity index (χ1n) is 9.23. The van der Waals surface area contributed by atoms with Crippen LogP contribution >= 0.6 is 0 Å². The summed E-state index contributed by atoms with van der Waals surface area (Å²) in [6, 6.07) is 21.3. The quantitative estimate of drug-likeness (QED) is 0.767. The summed E-state index contributed by atoms with van der Waals surface area (Å²) in [5.41, 5.74) is 3.02. The number of piperidine rings is 1. The molecule has 1 aliphatic rings. The molecule has 1 saturated heterocycles. The molecule has 2 heteroatoms. The normalized spacial score (nSPS) is 20.8. The average Bonchev–Trinajstić information content (AvgIpc) is 2.64. The monoisotopic (exact) mass is 323 g/mol. The van der Waals surface area contributed by atoms with Crippen molar-refractivity contribution < 1.29 is 4.74 Å². The molecule has 1 unspecified atom stereocenters. The van der Waals surface area contributed by atoms with Crippen molar-refractivity contribution in [2.24, 2.45) is 5.41 Å². The Hall–Kier alpha value is -1.64. The second kappa shape index (κ2) is 9.00. The van der Waals surface area contributed by atoms with Gasteiger partial charge in [0.15, 0.2) is 0 Å². The molecular weight excluding hydrogens is 294 g/mol. The Morgan fingerprint density at radius 3 is 2.29 bits per heavy atom. The molecule has 2 nitrogen and oxygen atoms in total. The maximum absolute atomic E-state index is 6.13. The van der Waals surface area contributed by atoms with Gasteiger partial charge < -0.3 is 10.1 Å². The van der Waals surface area contributed by atoms with E-state index in [0.717, 1.165) is 26.3 Å². The van der Waals surface area contributed by atoms with E-state index in [-0.39, 0.29) is 0 Å². The van der Waals surface area contributed by atoms with E-state index in [1.54, 1.807) is 0 Å². The van der Waals surface area contributed by atoms with Gasteiger partial charge in [-0.15, -0.1) is 0 Å². The van der Waals surface area contributed by atoms with E-state index in [4.69, 9.17) is 4.74 Å². The fraction of sp³-hybridized carbons (Fsp3) is 0.455. The highest BCUT2D eigenvalue weighted by Crippen LogP contribution is 2.33. The van der Waals surface area contributed by atoms with Gasteiger partial charge in [-0.3, -0.25) is 0 Å². The van der Waals surface area contributed by atoms with Gasteiger partial charge in [-0.2, -0.15) is 0 Å². The molecule has 0 spiro atoms. The van der Waals surface area contributed by atoms with Crippen molar-refractivity contribution in [2.45, 2.75) is 38.7 Å². The summed E-state index contributed by atoms with van der Waals surface area (Å²) < 4.78 is 6.13. The summed E-state index contributed by atoms with van der Waals surface area (Å²) in [4.78, 5) is 0. The Labute approximate surface area is 146 Å². The molecule has 1 atom stereocenters. The maximum atomic E-state index is 6.13. The fourth-order valence-electron chi connectivity index (χ4n) is 3.71. The molecule has 2 aromatic carbocycles. The number of benzene rings is 2. The van der Waals surface area contributed by atoms with Crippen LogP contribution in [0, 0.1) is 5.41 Å². The van der Waals surface area contributed by atoms with E-state index >= 15 is 0 Å². The van der Waals surface area contributed by atoms with Crippen LogP contribution in [0.2, 0.25) is 0 Å². The number of hydrogen-bond donors (Lipinski definition) is 1. The number of hydrogen-bond acceptors (Lipinski definition) is 2. The summed E-state index contributed by atoms with van der Waals surface area (Å²) in [7, 11) is 0. The minimum atomic E-state index is 0.307. The lowest BCUT2D eigenvalue weighted by molar-refractivity contribution is 0.0128. The van der Waals surface area contributed by atoms with Gasteiger partial charge in [0.05, 0.1) is 13.2 Å². The average molecular weight is 323 g/mol. The van der Waals surface area contributed by atoms with Crippen LogP contribution in [0.25, 0.3) is 0 Å². The van der Waals surface area contributed by atoms with Crippen molar-refractivity contribution in [1.29, 1.82) is 0 Å². The zero-order valence-electron chi connectivity index (χ0n) is 14.5. The van der Waals surface area contributed by atoms with Gasteiger partial charge in [-0.05, 0) is 49.8 Å². The van der Waals surface area contributed by atoms with Gasteiger partial charge in [0.1, 0.15) is 0 Å². The van der Waals surface area contributed by atoms with E-state index < -0.39 is 0 Å². The third-order valence-corrected chi connectivity index (χ3v) is 5.10. The first-order chi connectivity index (χ1) is 11.9. The molecule has 1 heterocycles. The van der Waals surface area contributed by atoms with Crippen LogP contribution < -0.4 is 5.32 Å². The minimum absolute atomic E-state index is 0.307. The lowest BCUT2D eigenvalue weighted by Crippen LogP contribution is -2.43. The summed E-state index contributed by atoms with van der Waals surface area (Å²) in [5, 5.41) is 3.59. The molecule has 0 aromatic heterocycles. The highest BCUT2D eigenvalue weighted by atomic mass is 16.5. The summed E-state index contributed by atoms with van der Waals surface area (Å²) in [6.45, 7) is 3.83. The maximum Gasteiger partial charge on any atom is 0.0717 e. The van der Waals surface area contributed by atoms with Gasteiger partial charge in [0, 0.05) is 12.0 Å². The first kappa shape index (κ1) is 17.2. The predicted octanol–water partition coefficient (Wildman–Crippen LogP) is 4.60. The van der Waals surface area contributed by atoms with Gasteiger partial charge in [-0.25, -0.2) is 0 Å². The van der Waals surface area contributed by atoms with E-state index in [2.05, 4.69) is 66.0 Å². The molecule has 0 saturated carbocycles. The lowest BCUT2D eigenvalue weighted by atomic mass is 9.77. The molecule has 1 fully saturated rings. The first-order valence-corrected chi connectivity index (χ1v) is 9.23. The molecule has 2 aromatic rings. The second-order valence-electron chi connectivity index (χ2n) is 7.10. The molecule has 128 valence electrons. The summed E-state index contributed by atoms with van der Waals surface area (Å²) in [5.74, 6) is 0. The van der Waals surface area contributed by atoms with Crippen molar-refractivity contribution in [1.82, 2.24) is 5.32 Å². The van der Waals surface area contributed by atoms with Crippen molar-refractivity contribution in [2.75, 3.05) is 19.7 Å². The lowest BCUT2D eigenvalue weighted by Gasteiger charge is -2.37. The molecule has 0 radical (unpaired) electrons. The zero-order valence-corrected chi connectivity index (χ0v) is 14.5. The number of aryl methyl sites for hydroxylation is 1. The van der Waals surface area contributed by atoms with Crippen molar-refractivity contribution in [3.05, 3.63) is 71.8 Å². The van der Waals surface area contributed by atoms with Crippen LogP contribution in [-0.4, -0.2) is 19.7 Å². The SMILES string of the molecule is c1ccc(CCCC2(COCc3ccccc3)CCCNC2)cc1. The van der Waals surface area contributed by atoms with E-state index in [0.29, 0.717) is 5.41 Å². The largest absolute Gasteiger partial charge is 0.376 e. The standard InChI is InChI=1S/C22H29NO/c1-3-9-20(10-4-1)13-7-14-22(15-8-16-23-18-22)19-24-17-21-11-5-2-6-12-21/h1-6,9-12,23H,7-8,13-19H2. The Kier molecular flexibility index (Phi) is 6.45. The minimum Gasteiger partial charge on any atom is -0.376 e. The molecule has 0 bridgehead atoms. The highest BCUT2D eigenvalue weighted by molar-refractivity contribution is 5.15. The van der Waals surface area contributed by atoms with E-state index in [9.17, 15) is 0 Å². The number of rotatable bonds is 8. The van der Waals surface area contributed by atoms with Crippen LogP contribution in [-0.2, 0) is 17.8 Å². The van der Waals surface area contributed by atoms with Gasteiger partial charge >= 0.3 is 0 Å². The third-order valence-electron chi connectivity index (χ3n) is 5.10.